The highest BCUT2D eigenvalue weighted by Crippen LogP contribution is 2.40. The molecule has 1 saturated carbocycles. The van der Waals surface area contributed by atoms with Crippen molar-refractivity contribution in [2.75, 3.05) is 18.6 Å². The van der Waals surface area contributed by atoms with Crippen LogP contribution in [-0.2, 0) is 0 Å². The Balaban J connectivity index is 1.61. The topological polar surface area (TPSA) is 59.0 Å². The van der Waals surface area contributed by atoms with Crippen molar-refractivity contribution in [3.8, 4) is 11.5 Å². The smallest absolute Gasteiger partial charge is 0.261 e. The maximum Gasteiger partial charge on any atom is 0.261 e. The van der Waals surface area contributed by atoms with Crippen LogP contribution in [0.5, 0.6) is 11.5 Å². The third-order valence-electron chi connectivity index (χ3n) is 5.31. The highest BCUT2D eigenvalue weighted by molar-refractivity contribution is 6.10. The zero-order valence-electron chi connectivity index (χ0n) is 14.9. The van der Waals surface area contributed by atoms with Crippen LogP contribution in [0.3, 0.4) is 0 Å². The second-order valence-electron chi connectivity index (χ2n) is 6.93. The fourth-order valence-electron chi connectivity index (χ4n) is 3.87. The number of aliphatic hydroxyl groups is 1. The fraction of sp³-hybridized carbons (Fsp3) is 0.381. The van der Waals surface area contributed by atoms with E-state index < -0.39 is 6.23 Å². The molecule has 0 radical (unpaired) electrons. The molecule has 1 heterocycles. The van der Waals surface area contributed by atoms with Gasteiger partial charge in [0.05, 0.1) is 19.4 Å². The summed E-state index contributed by atoms with van der Waals surface area (Å²) in [6.45, 7) is 0.649. The Kier molecular flexibility index (Phi) is 4.55. The number of carbonyl (C=O) groups excluding carboxylic acids is 1. The number of ether oxygens (including phenoxy) is 2. The molecule has 1 unspecified atom stereocenters. The Morgan fingerprint density at radius 3 is 2.62 bits per heavy atom. The summed E-state index contributed by atoms with van der Waals surface area (Å²) in [4.78, 5) is 14.1. The van der Waals surface area contributed by atoms with Gasteiger partial charge < -0.3 is 14.6 Å². The highest BCUT2D eigenvalue weighted by Gasteiger charge is 2.36. The molecular weight excluding hydrogens is 330 g/mol. The van der Waals surface area contributed by atoms with E-state index >= 15 is 0 Å². The van der Waals surface area contributed by atoms with Crippen molar-refractivity contribution in [1.82, 2.24) is 0 Å². The first kappa shape index (κ1) is 16.9. The number of hydrogen-bond acceptors (Lipinski definition) is 4. The van der Waals surface area contributed by atoms with Crippen molar-refractivity contribution < 1.29 is 19.4 Å². The third-order valence-corrected chi connectivity index (χ3v) is 5.31. The SMILES string of the molecule is COc1ccc(N2C(=O)c3ccccc3C2O)cc1OCC1CCCC1. The zero-order valence-corrected chi connectivity index (χ0v) is 14.9. The first-order chi connectivity index (χ1) is 12.7. The summed E-state index contributed by atoms with van der Waals surface area (Å²) in [5.74, 6) is 1.60. The van der Waals surface area contributed by atoms with Gasteiger partial charge in [0.1, 0.15) is 0 Å². The van der Waals surface area contributed by atoms with Crippen LogP contribution in [0.2, 0.25) is 0 Å². The van der Waals surface area contributed by atoms with Gasteiger partial charge in [-0.1, -0.05) is 31.0 Å². The molecule has 2 aliphatic rings. The number of methoxy groups -OCH3 is 1. The maximum atomic E-state index is 12.7. The first-order valence-electron chi connectivity index (χ1n) is 9.10. The lowest BCUT2D eigenvalue weighted by atomic mass is 10.1. The standard InChI is InChI=1S/C21H23NO4/c1-25-18-11-10-15(12-19(18)26-13-14-6-2-3-7-14)22-20(23)16-8-4-5-9-17(16)21(22)24/h4-5,8-12,14,20,23H,2-3,6-7,13H2,1H3. The predicted molar refractivity (Wildman–Crippen MR) is 98.7 cm³/mol. The quantitative estimate of drug-likeness (QED) is 0.885. The van der Waals surface area contributed by atoms with Gasteiger partial charge in [0.15, 0.2) is 17.7 Å². The maximum absolute atomic E-state index is 12.7. The fourth-order valence-corrected chi connectivity index (χ4v) is 3.87. The second kappa shape index (κ2) is 7.00. The number of aliphatic hydroxyl groups excluding tert-OH is 1. The average molecular weight is 353 g/mol. The number of amides is 1. The van der Waals surface area contributed by atoms with Crippen LogP contribution in [0.25, 0.3) is 0 Å². The van der Waals surface area contributed by atoms with Crippen molar-refractivity contribution in [3.63, 3.8) is 0 Å². The van der Waals surface area contributed by atoms with Gasteiger partial charge in [0.2, 0.25) is 0 Å². The number of nitrogens with zero attached hydrogens (tertiary/aromatic N) is 1. The van der Waals surface area contributed by atoms with Gasteiger partial charge >= 0.3 is 0 Å². The Morgan fingerprint density at radius 2 is 1.88 bits per heavy atom. The van der Waals surface area contributed by atoms with Gasteiger partial charge in [-0.2, -0.15) is 0 Å². The van der Waals surface area contributed by atoms with Gasteiger partial charge in [-0.15, -0.1) is 0 Å². The molecule has 5 nitrogen and oxygen atoms in total. The average Bonchev–Trinajstić information content (AvgIpc) is 3.27. The lowest BCUT2D eigenvalue weighted by molar-refractivity contribution is 0.0935. The van der Waals surface area contributed by atoms with Crippen molar-refractivity contribution in [1.29, 1.82) is 0 Å². The zero-order chi connectivity index (χ0) is 18.1. The van der Waals surface area contributed by atoms with Crippen molar-refractivity contribution in [2.45, 2.75) is 31.9 Å². The van der Waals surface area contributed by atoms with Gasteiger partial charge in [-0.25, -0.2) is 0 Å². The van der Waals surface area contributed by atoms with Crippen LogP contribution in [0, 0.1) is 5.92 Å². The number of fused-ring (bicyclic) bond motifs is 1. The van der Waals surface area contributed by atoms with Crippen LogP contribution in [-0.4, -0.2) is 24.7 Å². The number of carbonyl (C=O) groups is 1. The van der Waals surface area contributed by atoms with E-state index in [0.717, 1.165) is 0 Å². The van der Waals surface area contributed by atoms with Crippen molar-refractivity contribution in [2.24, 2.45) is 5.92 Å². The number of anilines is 1. The van der Waals surface area contributed by atoms with E-state index in [0.29, 0.717) is 40.8 Å². The predicted octanol–water partition coefficient (Wildman–Crippen LogP) is 3.92. The first-order valence-corrected chi connectivity index (χ1v) is 9.10. The minimum Gasteiger partial charge on any atom is -0.493 e. The summed E-state index contributed by atoms with van der Waals surface area (Å²) >= 11 is 0. The highest BCUT2D eigenvalue weighted by atomic mass is 16.5. The van der Waals surface area contributed by atoms with Crippen LogP contribution >= 0.6 is 0 Å². The lowest BCUT2D eigenvalue weighted by Gasteiger charge is -2.23. The molecule has 1 atom stereocenters. The van der Waals surface area contributed by atoms with Gasteiger partial charge in [0.25, 0.3) is 5.91 Å². The van der Waals surface area contributed by atoms with E-state index in [1.807, 2.05) is 6.07 Å². The summed E-state index contributed by atoms with van der Waals surface area (Å²) in [6.07, 6.45) is 3.92. The number of hydrogen-bond donors (Lipinski definition) is 1. The van der Waals surface area contributed by atoms with Crippen molar-refractivity contribution in [3.05, 3.63) is 53.6 Å². The largest absolute Gasteiger partial charge is 0.493 e. The van der Waals surface area contributed by atoms with E-state index in [1.54, 1.807) is 43.5 Å². The van der Waals surface area contributed by atoms with E-state index in [4.69, 9.17) is 9.47 Å². The Hall–Kier alpha value is -2.53. The molecule has 1 amide bonds. The summed E-state index contributed by atoms with van der Waals surface area (Å²) in [5, 5.41) is 10.6. The summed E-state index contributed by atoms with van der Waals surface area (Å²) in [5.41, 5.74) is 1.76. The van der Waals surface area contributed by atoms with Crippen LogP contribution in [0.1, 0.15) is 47.8 Å². The van der Waals surface area contributed by atoms with E-state index in [-0.39, 0.29) is 5.91 Å². The van der Waals surface area contributed by atoms with E-state index in [9.17, 15) is 9.90 Å². The molecule has 1 fully saturated rings. The van der Waals surface area contributed by atoms with E-state index in [1.165, 1.54) is 30.6 Å². The minimum absolute atomic E-state index is 0.208. The molecule has 0 spiro atoms. The lowest BCUT2D eigenvalue weighted by Crippen LogP contribution is -2.27. The summed E-state index contributed by atoms with van der Waals surface area (Å²) in [7, 11) is 1.60. The van der Waals surface area contributed by atoms with Crippen LogP contribution in [0.15, 0.2) is 42.5 Å². The summed E-state index contributed by atoms with van der Waals surface area (Å²) in [6, 6.07) is 12.5. The number of rotatable bonds is 5. The molecule has 136 valence electrons. The van der Waals surface area contributed by atoms with Gasteiger partial charge in [-0.3, -0.25) is 9.69 Å². The third kappa shape index (κ3) is 2.92. The molecule has 2 aromatic carbocycles. The Bertz CT molecular complexity index is 813. The minimum atomic E-state index is -0.991. The van der Waals surface area contributed by atoms with E-state index in [2.05, 4.69) is 0 Å². The molecule has 26 heavy (non-hydrogen) atoms. The Morgan fingerprint density at radius 1 is 1.12 bits per heavy atom. The molecule has 0 aromatic heterocycles. The van der Waals surface area contributed by atoms with Gasteiger partial charge in [0, 0.05) is 17.2 Å². The molecule has 5 heteroatoms. The monoisotopic (exact) mass is 353 g/mol. The Labute approximate surface area is 153 Å². The van der Waals surface area contributed by atoms with Crippen molar-refractivity contribution >= 4 is 11.6 Å². The summed E-state index contributed by atoms with van der Waals surface area (Å²) < 4.78 is 11.4. The van der Waals surface area contributed by atoms with Crippen LogP contribution < -0.4 is 14.4 Å². The molecule has 0 saturated heterocycles. The molecule has 1 N–H and O–H groups in total. The molecular formula is C21H23NO4. The molecule has 1 aliphatic heterocycles. The normalized spacial score (nSPS) is 19.7. The molecule has 0 bridgehead atoms. The molecule has 2 aromatic rings. The molecule has 1 aliphatic carbocycles. The second-order valence-corrected chi connectivity index (χ2v) is 6.93. The van der Waals surface area contributed by atoms with Gasteiger partial charge in [-0.05, 0) is 37.0 Å². The van der Waals surface area contributed by atoms with Crippen LogP contribution in [0.4, 0.5) is 5.69 Å². The number of benzene rings is 2. The molecule has 4 rings (SSSR count).